The molecule has 3 aromatic rings. The van der Waals surface area contributed by atoms with Gasteiger partial charge in [0.25, 0.3) is 5.69 Å². The van der Waals surface area contributed by atoms with Crippen LogP contribution in [0.3, 0.4) is 0 Å². The van der Waals surface area contributed by atoms with Gasteiger partial charge < -0.3 is 19.1 Å². The molecule has 9 nitrogen and oxygen atoms in total. The number of nitro benzene ring substituents is 1. The van der Waals surface area contributed by atoms with E-state index in [-0.39, 0.29) is 24.0 Å². The summed E-state index contributed by atoms with van der Waals surface area (Å²) in [6.07, 6.45) is 5.52. The summed E-state index contributed by atoms with van der Waals surface area (Å²) in [4.78, 5) is 40.4. The van der Waals surface area contributed by atoms with Crippen molar-refractivity contribution in [3.8, 4) is 0 Å². The highest BCUT2D eigenvalue weighted by atomic mass is 16.6. The summed E-state index contributed by atoms with van der Waals surface area (Å²) in [7, 11) is 1.94. The summed E-state index contributed by atoms with van der Waals surface area (Å²) in [5.74, 6) is -0.477. The van der Waals surface area contributed by atoms with Crippen LogP contribution in [0.25, 0.3) is 6.08 Å². The topological polar surface area (TPSA) is 97.9 Å². The fourth-order valence-corrected chi connectivity index (χ4v) is 3.90. The number of rotatable bonds is 14. The number of non-ortho nitro benzene ring substituents is 1. The third kappa shape index (κ3) is 8.70. The zero-order valence-electron chi connectivity index (χ0n) is 21.9. The lowest BCUT2D eigenvalue weighted by molar-refractivity contribution is -0.384. The molecule has 0 atom stereocenters. The molecule has 200 valence electrons. The predicted molar refractivity (Wildman–Crippen MR) is 146 cm³/mol. The van der Waals surface area contributed by atoms with E-state index in [1.807, 2.05) is 67.2 Å². The van der Waals surface area contributed by atoms with E-state index < -0.39 is 4.92 Å². The van der Waals surface area contributed by atoms with Crippen molar-refractivity contribution >= 4 is 23.6 Å². The first-order valence-corrected chi connectivity index (χ1v) is 12.6. The van der Waals surface area contributed by atoms with Gasteiger partial charge in [0.05, 0.1) is 11.5 Å². The van der Waals surface area contributed by atoms with Crippen LogP contribution in [0.2, 0.25) is 0 Å². The molecule has 0 aliphatic rings. The summed E-state index contributed by atoms with van der Waals surface area (Å²) in [6, 6.07) is 19.6. The van der Waals surface area contributed by atoms with Crippen LogP contribution in [0.5, 0.6) is 0 Å². The molecule has 2 amide bonds. The van der Waals surface area contributed by atoms with E-state index in [1.54, 1.807) is 23.1 Å². The smallest absolute Gasteiger partial charge is 0.269 e. The molecule has 0 N–H and O–H groups in total. The number of nitrogens with zero attached hydrogens (tertiary/aromatic N) is 4. The Kier molecular flexibility index (Phi) is 10.8. The zero-order chi connectivity index (χ0) is 27.3. The number of aryl methyl sites for hydroxylation is 1. The van der Waals surface area contributed by atoms with Crippen LogP contribution in [-0.4, -0.2) is 57.4 Å². The van der Waals surface area contributed by atoms with Gasteiger partial charge in [-0.1, -0.05) is 30.3 Å². The number of aromatic nitrogens is 1. The van der Waals surface area contributed by atoms with Crippen molar-refractivity contribution in [1.82, 2.24) is 14.4 Å². The van der Waals surface area contributed by atoms with Crippen LogP contribution in [0, 0.1) is 10.1 Å². The van der Waals surface area contributed by atoms with Crippen molar-refractivity contribution in [3.05, 3.63) is 106 Å². The Bertz CT molecular complexity index is 1220. The van der Waals surface area contributed by atoms with Gasteiger partial charge in [-0.15, -0.1) is 0 Å². The fraction of sp³-hybridized carbons (Fsp3) is 0.310. The minimum Gasteiger partial charge on any atom is -0.382 e. The number of carbonyl (C=O) groups is 2. The van der Waals surface area contributed by atoms with E-state index in [1.165, 1.54) is 23.1 Å². The summed E-state index contributed by atoms with van der Waals surface area (Å²) in [5.41, 5.74) is 2.62. The highest BCUT2D eigenvalue weighted by molar-refractivity contribution is 5.94. The summed E-state index contributed by atoms with van der Waals surface area (Å²) < 4.78 is 7.40. The third-order valence-electron chi connectivity index (χ3n) is 6.05. The summed E-state index contributed by atoms with van der Waals surface area (Å²) >= 11 is 0. The molecule has 0 saturated carbocycles. The van der Waals surface area contributed by atoms with Gasteiger partial charge in [0.15, 0.2) is 0 Å². The minimum atomic E-state index is -0.471. The number of hydrogen-bond acceptors (Lipinski definition) is 5. The minimum absolute atomic E-state index is 0.0200. The van der Waals surface area contributed by atoms with Gasteiger partial charge in [-0.25, -0.2) is 0 Å². The molecule has 2 aromatic carbocycles. The Morgan fingerprint density at radius 2 is 1.74 bits per heavy atom. The average molecular weight is 519 g/mol. The lowest BCUT2D eigenvalue weighted by atomic mass is 10.2. The largest absolute Gasteiger partial charge is 0.382 e. The molecule has 9 heteroatoms. The number of ether oxygens (including phenoxy) is 1. The van der Waals surface area contributed by atoms with Crippen LogP contribution in [0.1, 0.15) is 30.2 Å². The van der Waals surface area contributed by atoms with Crippen LogP contribution in [-0.2, 0) is 34.5 Å². The van der Waals surface area contributed by atoms with E-state index in [9.17, 15) is 19.7 Å². The molecule has 0 spiro atoms. The van der Waals surface area contributed by atoms with Gasteiger partial charge in [-0.05, 0) is 54.8 Å². The van der Waals surface area contributed by atoms with Gasteiger partial charge in [-0.3, -0.25) is 19.7 Å². The molecule has 0 bridgehead atoms. The average Bonchev–Trinajstić information content (AvgIpc) is 3.33. The monoisotopic (exact) mass is 518 g/mol. The predicted octanol–water partition coefficient (Wildman–Crippen LogP) is 4.43. The van der Waals surface area contributed by atoms with Gasteiger partial charge in [0, 0.05) is 63.5 Å². The van der Waals surface area contributed by atoms with Crippen molar-refractivity contribution in [2.75, 3.05) is 26.3 Å². The van der Waals surface area contributed by atoms with E-state index in [2.05, 4.69) is 0 Å². The number of hydrogen-bond donors (Lipinski definition) is 0. The molecule has 3 rings (SSSR count). The molecule has 1 aromatic heterocycles. The van der Waals surface area contributed by atoms with Crippen molar-refractivity contribution in [1.29, 1.82) is 0 Å². The van der Waals surface area contributed by atoms with Crippen molar-refractivity contribution < 1.29 is 19.2 Å². The number of amides is 2. The molecular weight excluding hydrogens is 484 g/mol. The molecule has 0 aliphatic carbocycles. The van der Waals surface area contributed by atoms with Gasteiger partial charge in [0.1, 0.15) is 6.54 Å². The Balaban J connectivity index is 1.76. The maximum Gasteiger partial charge on any atom is 0.269 e. The summed E-state index contributed by atoms with van der Waals surface area (Å²) in [6.45, 7) is 4.09. The van der Waals surface area contributed by atoms with Crippen LogP contribution < -0.4 is 0 Å². The lowest BCUT2D eigenvalue weighted by Gasteiger charge is -2.27. The zero-order valence-corrected chi connectivity index (χ0v) is 21.9. The summed E-state index contributed by atoms with van der Waals surface area (Å²) in [5, 5.41) is 10.9. The molecule has 0 saturated heterocycles. The number of benzene rings is 2. The van der Waals surface area contributed by atoms with Crippen LogP contribution in [0.15, 0.2) is 79.0 Å². The lowest BCUT2D eigenvalue weighted by Crippen LogP contribution is -2.42. The van der Waals surface area contributed by atoms with Crippen LogP contribution in [0.4, 0.5) is 5.69 Å². The Labute approximate surface area is 223 Å². The van der Waals surface area contributed by atoms with Crippen molar-refractivity contribution in [3.63, 3.8) is 0 Å². The second-order valence-corrected chi connectivity index (χ2v) is 8.84. The molecule has 0 fully saturated rings. The first-order valence-electron chi connectivity index (χ1n) is 12.6. The quantitative estimate of drug-likeness (QED) is 0.136. The highest BCUT2D eigenvalue weighted by Gasteiger charge is 2.21. The Morgan fingerprint density at radius 1 is 1.00 bits per heavy atom. The molecule has 38 heavy (non-hydrogen) atoms. The van der Waals surface area contributed by atoms with E-state index in [0.717, 1.165) is 11.3 Å². The molecule has 0 unspecified atom stereocenters. The van der Waals surface area contributed by atoms with Crippen LogP contribution >= 0.6 is 0 Å². The van der Waals surface area contributed by atoms with Crippen molar-refractivity contribution in [2.24, 2.45) is 7.05 Å². The second-order valence-electron chi connectivity index (χ2n) is 8.84. The fourth-order valence-electron chi connectivity index (χ4n) is 3.90. The molecular formula is C29H34N4O5. The van der Waals surface area contributed by atoms with E-state index in [0.29, 0.717) is 44.8 Å². The standard InChI is InChI=1S/C29H34N4O5/c1-3-38-20-8-19-31(28(34)17-14-24-12-15-26(16-13-24)33(36)37)23-29(35)32(21-25-9-5-4-6-10-25)22-27-11-7-18-30(27)2/h4-7,9-18H,3,8,19-23H2,1-2H3. The Hall–Kier alpha value is -4.24. The maximum atomic E-state index is 13.6. The van der Waals surface area contributed by atoms with E-state index >= 15 is 0 Å². The molecule has 1 heterocycles. The second kappa shape index (κ2) is 14.5. The number of nitro groups is 1. The molecule has 0 aliphatic heterocycles. The van der Waals surface area contributed by atoms with Gasteiger partial charge in [0.2, 0.25) is 11.8 Å². The van der Waals surface area contributed by atoms with Gasteiger partial charge >= 0.3 is 0 Å². The van der Waals surface area contributed by atoms with Gasteiger partial charge in [-0.2, -0.15) is 0 Å². The number of carbonyl (C=O) groups excluding carboxylic acids is 2. The first kappa shape index (κ1) is 28.3. The normalized spacial score (nSPS) is 11.0. The Morgan fingerprint density at radius 3 is 2.37 bits per heavy atom. The first-order chi connectivity index (χ1) is 18.4. The third-order valence-corrected chi connectivity index (χ3v) is 6.05. The maximum absolute atomic E-state index is 13.6. The highest BCUT2D eigenvalue weighted by Crippen LogP contribution is 2.14. The SMILES string of the molecule is CCOCCCN(CC(=O)N(Cc1ccccc1)Cc1cccn1C)C(=O)C=Cc1ccc([N+](=O)[O-])cc1. The van der Waals surface area contributed by atoms with Crippen molar-refractivity contribution in [2.45, 2.75) is 26.4 Å². The van der Waals surface area contributed by atoms with E-state index in [4.69, 9.17) is 4.74 Å². The molecule has 0 radical (unpaired) electrons.